The van der Waals surface area contributed by atoms with E-state index in [1.807, 2.05) is 37.3 Å². The maximum Gasteiger partial charge on any atom is 0.573 e. The molecular formula is C32H29F3N6O2S2. The standard InChI is InChI=1S/C32H29F3N6O2S2/c1-19(2)25-13-4-20(3)16-26(25)41-27(42)17-45-30(41)37-29(44)38-31(14-15-31)22-7-5-21(6-8-22)28-36-18-40(39-28)23-9-11-24(12-10-23)43-32(33,34)35/h4-13,16,18-19H,14-15,17H2,1-3H3,(H,38,44)/b37-30-. The molecule has 0 unspecified atom stereocenters. The smallest absolute Gasteiger partial charge is 0.406 e. The van der Waals surface area contributed by atoms with E-state index >= 15 is 0 Å². The average Bonchev–Trinajstić information content (AvgIpc) is 3.42. The highest BCUT2D eigenvalue weighted by Gasteiger charge is 2.45. The van der Waals surface area contributed by atoms with Gasteiger partial charge in [0.1, 0.15) is 12.1 Å². The number of amides is 1. The van der Waals surface area contributed by atoms with Gasteiger partial charge in [-0.05, 0) is 84.9 Å². The van der Waals surface area contributed by atoms with Crippen LogP contribution in [0.3, 0.4) is 0 Å². The van der Waals surface area contributed by atoms with Crippen LogP contribution in [0.2, 0.25) is 0 Å². The molecule has 0 atom stereocenters. The lowest BCUT2D eigenvalue weighted by molar-refractivity contribution is -0.274. The summed E-state index contributed by atoms with van der Waals surface area (Å²) in [6, 6.07) is 19.4. The lowest BCUT2D eigenvalue weighted by atomic mass is 9.99. The van der Waals surface area contributed by atoms with E-state index in [1.165, 1.54) is 47.0 Å². The maximum atomic E-state index is 13.0. The van der Waals surface area contributed by atoms with Gasteiger partial charge in [-0.3, -0.25) is 9.69 Å². The molecule has 4 aromatic rings. The molecule has 1 saturated heterocycles. The van der Waals surface area contributed by atoms with E-state index in [9.17, 15) is 18.0 Å². The van der Waals surface area contributed by atoms with E-state index in [1.54, 1.807) is 4.90 Å². The number of hydrogen-bond donors (Lipinski definition) is 1. The van der Waals surface area contributed by atoms with Crippen LogP contribution in [0.25, 0.3) is 17.1 Å². The number of aromatic nitrogens is 3. The fourth-order valence-electron chi connectivity index (χ4n) is 5.21. The summed E-state index contributed by atoms with van der Waals surface area (Å²) in [6.07, 6.45) is -1.50. The number of nitrogens with one attached hydrogen (secondary N) is 1. The summed E-state index contributed by atoms with van der Waals surface area (Å²) in [5.74, 6) is 0.683. The molecule has 45 heavy (non-hydrogen) atoms. The number of amidine groups is 1. The van der Waals surface area contributed by atoms with Crippen molar-refractivity contribution in [2.75, 3.05) is 10.7 Å². The number of thioether (sulfide) groups is 1. The summed E-state index contributed by atoms with van der Waals surface area (Å²) in [5.41, 5.74) is 5.01. The first kappa shape index (κ1) is 30.8. The van der Waals surface area contributed by atoms with Crippen LogP contribution in [-0.2, 0) is 10.3 Å². The Bertz CT molecular complexity index is 1780. The van der Waals surface area contributed by atoms with Crippen LogP contribution in [0.5, 0.6) is 5.75 Å². The molecule has 232 valence electrons. The largest absolute Gasteiger partial charge is 0.573 e. The van der Waals surface area contributed by atoms with Crippen LogP contribution >= 0.6 is 24.0 Å². The number of thiocarbonyl (C=S) groups is 1. The van der Waals surface area contributed by atoms with Gasteiger partial charge in [0.05, 0.1) is 22.7 Å². The van der Waals surface area contributed by atoms with Crippen LogP contribution in [-0.4, -0.2) is 43.1 Å². The first-order valence-corrected chi connectivity index (χ1v) is 15.7. The fraction of sp³-hybridized carbons (Fsp3) is 0.281. The van der Waals surface area contributed by atoms with E-state index in [-0.39, 0.29) is 23.1 Å². The van der Waals surface area contributed by atoms with Crippen LogP contribution in [0.15, 0.2) is 78.0 Å². The van der Waals surface area contributed by atoms with E-state index in [2.05, 4.69) is 46.1 Å². The third kappa shape index (κ3) is 6.74. The van der Waals surface area contributed by atoms with E-state index < -0.39 is 6.36 Å². The van der Waals surface area contributed by atoms with Crippen molar-refractivity contribution in [2.24, 2.45) is 4.99 Å². The predicted octanol–water partition coefficient (Wildman–Crippen LogP) is 7.26. The lowest BCUT2D eigenvalue weighted by Crippen LogP contribution is -2.35. The monoisotopic (exact) mass is 650 g/mol. The zero-order valence-electron chi connectivity index (χ0n) is 24.6. The number of alkyl halides is 3. The number of carbonyl (C=O) groups excluding carboxylic acids is 1. The zero-order valence-corrected chi connectivity index (χ0v) is 26.3. The molecule has 2 aliphatic rings. The number of ether oxygens (including phenoxy) is 1. The molecule has 2 fully saturated rings. The summed E-state index contributed by atoms with van der Waals surface area (Å²) < 4.78 is 42.8. The molecule has 8 nitrogen and oxygen atoms in total. The number of benzene rings is 3. The maximum absolute atomic E-state index is 13.0. The second-order valence-corrected chi connectivity index (χ2v) is 12.6. The molecule has 13 heteroatoms. The number of hydrogen-bond acceptors (Lipinski definition) is 6. The average molecular weight is 651 g/mol. The Morgan fingerprint density at radius 2 is 1.80 bits per heavy atom. The van der Waals surface area contributed by atoms with Crippen molar-refractivity contribution in [1.29, 1.82) is 0 Å². The molecule has 2 heterocycles. The number of nitrogens with zero attached hydrogens (tertiary/aromatic N) is 5. The minimum Gasteiger partial charge on any atom is -0.406 e. The zero-order chi connectivity index (χ0) is 31.9. The van der Waals surface area contributed by atoms with Gasteiger partial charge < -0.3 is 10.1 Å². The molecule has 6 rings (SSSR count). The number of carbonyl (C=O) groups is 1. The third-order valence-corrected chi connectivity index (χ3v) is 8.75. The van der Waals surface area contributed by atoms with E-state index in [0.29, 0.717) is 27.5 Å². The highest BCUT2D eigenvalue weighted by molar-refractivity contribution is 8.15. The fourth-order valence-corrected chi connectivity index (χ4v) is 6.41. The van der Waals surface area contributed by atoms with Gasteiger partial charge in [0.25, 0.3) is 0 Å². The van der Waals surface area contributed by atoms with Crippen LogP contribution in [0, 0.1) is 6.92 Å². The normalized spacial score (nSPS) is 16.8. The molecule has 3 aromatic carbocycles. The number of rotatable bonds is 7. The summed E-state index contributed by atoms with van der Waals surface area (Å²) in [4.78, 5) is 23.7. The van der Waals surface area contributed by atoms with Crippen LogP contribution in [0.4, 0.5) is 18.9 Å². The number of halogens is 3. The number of aliphatic imine (C=N–C) groups is 1. The number of aryl methyl sites for hydroxylation is 1. The van der Waals surface area contributed by atoms with Crippen LogP contribution in [0.1, 0.15) is 49.3 Å². The van der Waals surface area contributed by atoms with Gasteiger partial charge in [0, 0.05) is 5.56 Å². The Balaban J connectivity index is 1.15. The summed E-state index contributed by atoms with van der Waals surface area (Å²) in [7, 11) is 0. The van der Waals surface area contributed by atoms with Gasteiger partial charge in [-0.15, -0.1) is 18.3 Å². The predicted molar refractivity (Wildman–Crippen MR) is 173 cm³/mol. The van der Waals surface area contributed by atoms with Gasteiger partial charge in [-0.25, -0.2) is 9.67 Å². The van der Waals surface area contributed by atoms with Crippen molar-refractivity contribution >= 4 is 45.9 Å². The molecule has 1 saturated carbocycles. The second-order valence-electron chi connectivity index (χ2n) is 11.3. The minimum atomic E-state index is -4.75. The molecular weight excluding hydrogens is 622 g/mol. The minimum absolute atomic E-state index is 0.0192. The van der Waals surface area contributed by atoms with Gasteiger partial charge in [-0.1, -0.05) is 62.0 Å². The highest BCUT2D eigenvalue weighted by Crippen LogP contribution is 2.46. The van der Waals surface area contributed by atoms with E-state index in [4.69, 9.17) is 17.2 Å². The summed E-state index contributed by atoms with van der Waals surface area (Å²) in [6.45, 7) is 6.22. The molecule has 0 bridgehead atoms. The van der Waals surface area contributed by atoms with Crippen molar-refractivity contribution in [1.82, 2.24) is 20.1 Å². The van der Waals surface area contributed by atoms with E-state index in [0.717, 1.165) is 40.8 Å². The quantitative estimate of drug-likeness (QED) is 0.211. The molecule has 1 aliphatic heterocycles. The summed E-state index contributed by atoms with van der Waals surface area (Å²) in [5, 5.41) is 8.80. The lowest BCUT2D eigenvalue weighted by Gasteiger charge is -2.23. The second kappa shape index (κ2) is 11.9. The Morgan fingerprint density at radius 3 is 2.44 bits per heavy atom. The van der Waals surface area contributed by atoms with Gasteiger partial charge in [0.2, 0.25) is 5.91 Å². The molecule has 1 amide bonds. The third-order valence-electron chi connectivity index (χ3n) is 7.63. The highest BCUT2D eigenvalue weighted by atomic mass is 32.2. The topological polar surface area (TPSA) is 84.6 Å². The molecule has 1 aliphatic carbocycles. The SMILES string of the molecule is Cc1ccc(C(C)C)c(N2C(=O)CS/C2=N\C(=S)NC2(c3ccc(-c4ncn(-c5ccc(OC(F)(F)F)cc5)n4)cc3)CC2)c1. The Kier molecular flexibility index (Phi) is 8.16. The Labute approximate surface area is 267 Å². The van der Waals surface area contributed by atoms with Crippen LogP contribution < -0.4 is 15.0 Å². The summed E-state index contributed by atoms with van der Waals surface area (Å²) >= 11 is 7.06. The van der Waals surface area contributed by atoms with Gasteiger partial charge in [-0.2, -0.15) is 4.99 Å². The van der Waals surface area contributed by atoms with Gasteiger partial charge >= 0.3 is 6.36 Å². The van der Waals surface area contributed by atoms with Crippen molar-refractivity contribution < 1.29 is 22.7 Å². The molecule has 0 spiro atoms. The Hall–Kier alpha value is -4.23. The first-order valence-electron chi connectivity index (χ1n) is 14.3. The van der Waals surface area contributed by atoms with Gasteiger partial charge in [0.15, 0.2) is 16.1 Å². The Morgan fingerprint density at radius 1 is 1.09 bits per heavy atom. The van der Waals surface area contributed by atoms with Crippen molar-refractivity contribution in [3.05, 3.63) is 89.7 Å². The first-order chi connectivity index (χ1) is 21.4. The van der Waals surface area contributed by atoms with Crippen molar-refractivity contribution in [3.8, 4) is 22.8 Å². The number of anilines is 1. The molecule has 1 N–H and O–H groups in total. The van der Waals surface area contributed by atoms with Crippen molar-refractivity contribution in [3.63, 3.8) is 0 Å². The van der Waals surface area contributed by atoms with Crippen molar-refractivity contribution in [2.45, 2.75) is 51.4 Å². The molecule has 0 radical (unpaired) electrons. The molecule has 1 aromatic heterocycles.